The Morgan fingerprint density at radius 3 is 2.67 bits per heavy atom. The Bertz CT molecular complexity index is 725. The van der Waals surface area contributed by atoms with Crippen LogP contribution in [0, 0.1) is 0 Å². The van der Waals surface area contributed by atoms with Crippen molar-refractivity contribution in [2.75, 3.05) is 5.73 Å². The van der Waals surface area contributed by atoms with Crippen molar-refractivity contribution < 1.29 is 0 Å². The van der Waals surface area contributed by atoms with Crippen molar-refractivity contribution in [1.29, 1.82) is 0 Å². The van der Waals surface area contributed by atoms with Crippen molar-refractivity contribution in [2.24, 2.45) is 0 Å². The Hall–Kier alpha value is -2.13. The van der Waals surface area contributed by atoms with E-state index in [4.69, 9.17) is 17.3 Å². The molecular formula is C14H10ClN3. The quantitative estimate of drug-likeness (QED) is 0.724. The number of hydrogen-bond acceptors (Lipinski definition) is 3. The number of anilines is 1. The molecule has 3 nitrogen and oxygen atoms in total. The summed E-state index contributed by atoms with van der Waals surface area (Å²) in [4.78, 5) is 8.17. The van der Waals surface area contributed by atoms with Crippen molar-refractivity contribution in [2.45, 2.75) is 0 Å². The number of nitrogens with two attached hydrogens (primary N) is 1. The van der Waals surface area contributed by atoms with Gasteiger partial charge in [-0.05, 0) is 23.8 Å². The van der Waals surface area contributed by atoms with Crippen molar-refractivity contribution in [1.82, 2.24) is 9.97 Å². The molecule has 0 bridgehead atoms. The van der Waals surface area contributed by atoms with Crippen LogP contribution in [0.25, 0.3) is 22.0 Å². The third kappa shape index (κ3) is 1.79. The number of nitrogens with zero attached hydrogens (tertiary/aromatic N) is 2. The molecule has 0 amide bonds. The van der Waals surface area contributed by atoms with E-state index in [2.05, 4.69) is 9.97 Å². The van der Waals surface area contributed by atoms with E-state index in [1.54, 1.807) is 0 Å². The first-order valence-electron chi connectivity index (χ1n) is 5.51. The molecular weight excluding hydrogens is 246 g/mol. The zero-order valence-corrected chi connectivity index (χ0v) is 10.2. The maximum atomic E-state index is 6.19. The summed E-state index contributed by atoms with van der Waals surface area (Å²) in [5.41, 5.74) is 8.67. The maximum absolute atomic E-state index is 6.19. The number of halogens is 1. The molecule has 3 aromatic rings. The van der Waals surface area contributed by atoms with Gasteiger partial charge in [-0.1, -0.05) is 35.9 Å². The molecule has 0 aliphatic rings. The Morgan fingerprint density at radius 1 is 1.00 bits per heavy atom. The van der Waals surface area contributed by atoms with E-state index in [1.165, 1.54) is 6.33 Å². The van der Waals surface area contributed by atoms with Crippen LogP contribution in [0.1, 0.15) is 0 Å². The molecule has 0 atom stereocenters. The van der Waals surface area contributed by atoms with Gasteiger partial charge in [0.25, 0.3) is 0 Å². The van der Waals surface area contributed by atoms with Crippen LogP contribution in [-0.2, 0) is 0 Å². The summed E-state index contributed by atoms with van der Waals surface area (Å²) in [7, 11) is 0. The van der Waals surface area contributed by atoms with Gasteiger partial charge in [0.1, 0.15) is 12.1 Å². The number of fused-ring (bicyclic) bond motifs is 1. The van der Waals surface area contributed by atoms with Crippen LogP contribution in [0.2, 0.25) is 5.02 Å². The lowest BCUT2D eigenvalue weighted by molar-refractivity contribution is 1.23. The lowest BCUT2D eigenvalue weighted by Gasteiger charge is -2.06. The van der Waals surface area contributed by atoms with Crippen molar-refractivity contribution in [3.8, 4) is 11.1 Å². The summed E-state index contributed by atoms with van der Waals surface area (Å²) in [6.45, 7) is 0. The molecule has 88 valence electrons. The maximum Gasteiger partial charge on any atom is 0.134 e. The first kappa shape index (κ1) is 11.0. The van der Waals surface area contributed by atoms with E-state index in [9.17, 15) is 0 Å². The Labute approximate surface area is 109 Å². The van der Waals surface area contributed by atoms with Crippen LogP contribution in [-0.4, -0.2) is 9.97 Å². The molecule has 0 spiro atoms. The van der Waals surface area contributed by atoms with Gasteiger partial charge in [-0.25, -0.2) is 9.97 Å². The van der Waals surface area contributed by atoms with Gasteiger partial charge >= 0.3 is 0 Å². The number of rotatable bonds is 1. The summed E-state index contributed by atoms with van der Waals surface area (Å²) >= 11 is 6.19. The molecule has 0 radical (unpaired) electrons. The second-order valence-electron chi connectivity index (χ2n) is 3.97. The molecule has 0 saturated carbocycles. The largest absolute Gasteiger partial charge is 0.383 e. The minimum Gasteiger partial charge on any atom is -0.383 e. The van der Waals surface area contributed by atoms with Gasteiger partial charge in [-0.2, -0.15) is 0 Å². The zero-order chi connectivity index (χ0) is 12.5. The van der Waals surface area contributed by atoms with Crippen LogP contribution in [0.3, 0.4) is 0 Å². The second kappa shape index (κ2) is 4.27. The van der Waals surface area contributed by atoms with Gasteiger partial charge in [0, 0.05) is 16.0 Å². The highest BCUT2D eigenvalue weighted by Crippen LogP contribution is 2.30. The topological polar surface area (TPSA) is 51.8 Å². The number of nitrogen functional groups attached to an aromatic ring is 1. The molecule has 3 rings (SSSR count). The normalized spacial score (nSPS) is 10.7. The fourth-order valence-corrected chi connectivity index (χ4v) is 2.18. The van der Waals surface area contributed by atoms with Crippen LogP contribution < -0.4 is 5.73 Å². The molecule has 0 unspecified atom stereocenters. The van der Waals surface area contributed by atoms with Gasteiger partial charge < -0.3 is 5.73 Å². The first-order chi connectivity index (χ1) is 8.75. The minimum atomic E-state index is 0.480. The molecule has 1 aromatic heterocycles. The molecule has 0 aliphatic carbocycles. The number of benzene rings is 2. The average Bonchev–Trinajstić information content (AvgIpc) is 2.40. The van der Waals surface area contributed by atoms with E-state index in [1.807, 2.05) is 42.5 Å². The highest BCUT2D eigenvalue weighted by molar-refractivity contribution is 6.33. The Kier molecular flexibility index (Phi) is 2.61. The summed E-state index contributed by atoms with van der Waals surface area (Å²) in [5, 5.41) is 1.56. The van der Waals surface area contributed by atoms with Crippen molar-refractivity contribution >= 4 is 28.3 Å². The van der Waals surface area contributed by atoms with Crippen LogP contribution >= 0.6 is 11.6 Å². The van der Waals surface area contributed by atoms with Gasteiger partial charge in [-0.3, -0.25) is 0 Å². The summed E-state index contributed by atoms with van der Waals surface area (Å²) < 4.78 is 0. The fourth-order valence-electron chi connectivity index (χ4n) is 1.94. The predicted octanol–water partition coefficient (Wildman–Crippen LogP) is 3.53. The lowest BCUT2D eigenvalue weighted by atomic mass is 10.0. The van der Waals surface area contributed by atoms with E-state index < -0.39 is 0 Å². The Balaban J connectivity index is 2.26. The van der Waals surface area contributed by atoms with Crippen LogP contribution in [0.5, 0.6) is 0 Å². The fraction of sp³-hybridized carbons (Fsp3) is 0. The zero-order valence-electron chi connectivity index (χ0n) is 9.47. The van der Waals surface area contributed by atoms with E-state index in [0.29, 0.717) is 10.8 Å². The molecule has 1 heterocycles. The molecule has 2 N–H and O–H groups in total. The van der Waals surface area contributed by atoms with Crippen molar-refractivity contribution in [3.63, 3.8) is 0 Å². The second-order valence-corrected chi connectivity index (χ2v) is 4.38. The van der Waals surface area contributed by atoms with Crippen molar-refractivity contribution in [3.05, 3.63) is 53.8 Å². The SMILES string of the molecule is Nc1ncnc2ccc(-c3ccccc3Cl)cc12. The number of aromatic nitrogens is 2. The van der Waals surface area contributed by atoms with Crippen LogP contribution in [0.4, 0.5) is 5.82 Å². The molecule has 0 saturated heterocycles. The highest BCUT2D eigenvalue weighted by atomic mass is 35.5. The summed E-state index contributed by atoms with van der Waals surface area (Å²) in [6.07, 6.45) is 1.47. The molecule has 4 heteroatoms. The summed E-state index contributed by atoms with van der Waals surface area (Å²) in [5.74, 6) is 0.480. The van der Waals surface area contributed by atoms with Crippen LogP contribution in [0.15, 0.2) is 48.8 Å². The molecule has 0 fully saturated rings. The summed E-state index contributed by atoms with van der Waals surface area (Å²) in [6, 6.07) is 13.6. The third-order valence-electron chi connectivity index (χ3n) is 2.85. The highest BCUT2D eigenvalue weighted by Gasteiger charge is 2.06. The minimum absolute atomic E-state index is 0.480. The standard InChI is InChI=1S/C14H10ClN3/c15-12-4-2-1-3-10(12)9-5-6-13-11(7-9)14(16)18-8-17-13/h1-8H,(H2,16,17,18). The van der Waals surface area contributed by atoms with E-state index in [-0.39, 0.29) is 0 Å². The van der Waals surface area contributed by atoms with Gasteiger partial charge in [0.05, 0.1) is 5.52 Å². The van der Waals surface area contributed by atoms with E-state index in [0.717, 1.165) is 22.0 Å². The van der Waals surface area contributed by atoms with E-state index >= 15 is 0 Å². The molecule has 2 aromatic carbocycles. The van der Waals surface area contributed by atoms with Gasteiger partial charge in [-0.15, -0.1) is 0 Å². The number of hydrogen-bond donors (Lipinski definition) is 1. The monoisotopic (exact) mass is 255 g/mol. The van der Waals surface area contributed by atoms with Gasteiger partial charge in [0.2, 0.25) is 0 Å². The predicted molar refractivity (Wildman–Crippen MR) is 74.4 cm³/mol. The average molecular weight is 256 g/mol. The third-order valence-corrected chi connectivity index (χ3v) is 3.18. The van der Waals surface area contributed by atoms with Gasteiger partial charge in [0.15, 0.2) is 0 Å². The lowest BCUT2D eigenvalue weighted by Crippen LogP contribution is -1.93. The molecule has 0 aliphatic heterocycles. The first-order valence-corrected chi connectivity index (χ1v) is 5.88. The smallest absolute Gasteiger partial charge is 0.134 e. The Morgan fingerprint density at radius 2 is 1.83 bits per heavy atom. The molecule has 18 heavy (non-hydrogen) atoms.